The van der Waals surface area contributed by atoms with E-state index in [4.69, 9.17) is 10.5 Å². The van der Waals surface area contributed by atoms with E-state index in [1.807, 2.05) is 24.3 Å². The van der Waals surface area contributed by atoms with Crippen molar-refractivity contribution < 1.29 is 14.3 Å². The number of nitrogens with one attached hydrogen (secondary N) is 1. The number of nitrogen functional groups attached to an aromatic ring is 1. The van der Waals surface area contributed by atoms with Crippen LogP contribution in [-0.2, 0) is 4.74 Å². The molecule has 0 saturated carbocycles. The Morgan fingerprint density at radius 1 is 1.06 bits per heavy atom. The van der Waals surface area contributed by atoms with Crippen LogP contribution in [0.2, 0.25) is 0 Å². The molecule has 0 bridgehead atoms. The number of nitrogens with zero attached hydrogens (tertiary/aromatic N) is 4. The van der Waals surface area contributed by atoms with Gasteiger partial charge in [-0.25, -0.2) is 14.8 Å². The fraction of sp³-hybridized carbons (Fsp3) is 0.269. The molecule has 0 fully saturated rings. The van der Waals surface area contributed by atoms with E-state index in [2.05, 4.69) is 27.3 Å². The van der Waals surface area contributed by atoms with Crippen molar-refractivity contribution >= 4 is 46.1 Å². The topological polar surface area (TPSA) is 124 Å². The summed E-state index contributed by atoms with van der Waals surface area (Å²) >= 11 is 0. The lowest BCUT2D eigenvalue weighted by molar-refractivity contribution is 0.0600. The summed E-state index contributed by atoms with van der Waals surface area (Å²) in [7, 11) is 1.33. The highest BCUT2D eigenvalue weighted by Crippen LogP contribution is 2.27. The molecule has 2 heterocycles. The molecule has 2 aromatic heterocycles. The Morgan fingerprint density at radius 3 is 2.46 bits per heavy atom. The predicted octanol–water partition coefficient (Wildman–Crippen LogP) is 4.15. The van der Waals surface area contributed by atoms with Gasteiger partial charge in [0.25, 0.3) is 5.91 Å². The quantitative estimate of drug-likeness (QED) is 0.214. The Bertz CT molecular complexity index is 1390. The van der Waals surface area contributed by atoms with E-state index in [-0.39, 0.29) is 17.3 Å². The van der Waals surface area contributed by atoms with Crippen molar-refractivity contribution in [1.29, 1.82) is 0 Å². The zero-order valence-corrected chi connectivity index (χ0v) is 19.8. The van der Waals surface area contributed by atoms with Crippen LogP contribution in [0.15, 0.2) is 53.6 Å². The van der Waals surface area contributed by atoms with Crippen molar-refractivity contribution in [2.45, 2.75) is 32.6 Å². The van der Waals surface area contributed by atoms with Crippen molar-refractivity contribution in [1.82, 2.24) is 20.0 Å². The molecule has 3 N–H and O–H groups in total. The van der Waals surface area contributed by atoms with E-state index in [0.717, 1.165) is 31.2 Å². The standard InChI is InChI=1S/C26H28N6O3/c1-3-4-5-8-15-28-25(33)21-22-24(31-20-10-7-6-9-19(20)30-22)32(23(21)27)29-16-17-11-13-18(14-12-17)26(34)35-2/h6-7,9-14,16H,3-5,8,15,27H2,1-2H3,(H,28,33). The largest absolute Gasteiger partial charge is 0.465 e. The van der Waals surface area contributed by atoms with Crippen LogP contribution >= 0.6 is 0 Å². The molecule has 9 heteroatoms. The first kappa shape index (κ1) is 23.9. The number of hydrogen-bond acceptors (Lipinski definition) is 7. The molecule has 2 aromatic carbocycles. The summed E-state index contributed by atoms with van der Waals surface area (Å²) in [6.07, 6.45) is 5.79. The van der Waals surface area contributed by atoms with Crippen LogP contribution in [0, 0.1) is 0 Å². The molecule has 180 valence electrons. The summed E-state index contributed by atoms with van der Waals surface area (Å²) in [6.45, 7) is 2.70. The van der Waals surface area contributed by atoms with Crippen molar-refractivity contribution in [3.63, 3.8) is 0 Å². The number of amides is 1. The van der Waals surface area contributed by atoms with Gasteiger partial charge in [-0.3, -0.25) is 4.79 Å². The van der Waals surface area contributed by atoms with E-state index in [0.29, 0.717) is 34.3 Å². The molecule has 35 heavy (non-hydrogen) atoms. The molecule has 0 radical (unpaired) electrons. The van der Waals surface area contributed by atoms with Crippen LogP contribution in [0.1, 0.15) is 58.9 Å². The number of anilines is 1. The maximum Gasteiger partial charge on any atom is 0.337 e. The van der Waals surface area contributed by atoms with Gasteiger partial charge < -0.3 is 15.8 Å². The van der Waals surface area contributed by atoms with Gasteiger partial charge in [-0.1, -0.05) is 50.5 Å². The number of hydrogen-bond donors (Lipinski definition) is 2. The van der Waals surface area contributed by atoms with E-state index >= 15 is 0 Å². The summed E-state index contributed by atoms with van der Waals surface area (Å²) < 4.78 is 6.16. The highest BCUT2D eigenvalue weighted by Gasteiger charge is 2.23. The molecule has 9 nitrogen and oxygen atoms in total. The minimum absolute atomic E-state index is 0.156. The Morgan fingerprint density at radius 2 is 1.77 bits per heavy atom. The van der Waals surface area contributed by atoms with Gasteiger partial charge in [-0.15, -0.1) is 0 Å². The average molecular weight is 473 g/mol. The number of ether oxygens (including phenoxy) is 1. The summed E-state index contributed by atoms with van der Waals surface area (Å²) in [5.74, 6) is -0.560. The molecule has 0 unspecified atom stereocenters. The number of benzene rings is 2. The van der Waals surface area contributed by atoms with E-state index in [1.165, 1.54) is 11.8 Å². The number of para-hydroxylation sites is 2. The second kappa shape index (κ2) is 10.8. The number of aromatic nitrogens is 3. The van der Waals surface area contributed by atoms with Crippen molar-refractivity contribution in [3.05, 3.63) is 65.2 Å². The third-order valence-corrected chi connectivity index (χ3v) is 5.67. The van der Waals surface area contributed by atoms with Gasteiger partial charge in [-0.05, 0) is 36.2 Å². The Kier molecular flexibility index (Phi) is 7.35. The molecule has 4 rings (SSSR count). The van der Waals surface area contributed by atoms with Crippen LogP contribution in [0.3, 0.4) is 0 Å². The fourth-order valence-corrected chi connectivity index (χ4v) is 3.78. The first-order valence-electron chi connectivity index (χ1n) is 11.6. The van der Waals surface area contributed by atoms with Gasteiger partial charge in [0.2, 0.25) is 0 Å². The number of esters is 1. The number of methoxy groups -OCH3 is 1. The first-order chi connectivity index (χ1) is 17.0. The number of nitrogens with two attached hydrogens (primary N) is 1. The number of fused-ring (bicyclic) bond motifs is 2. The highest BCUT2D eigenvalue weighted by atomic mass is 16.5. The summed E-state index contributed by atoms with van der Waals surface area (Å²) in [4.78, 5) is 34.1. The van der Waals surface area contributed by atoms with Crippen molar-refractivity contribution in [3.8, 4) is 0 Å². The van der Waals surface area contributed by atoms with Crippen LogP contribution in [0.25, 0.3) is 22.2 Å². The molecule has 4 aromatic rings. The normalized spacial score (nSPS) is 11.4. The monoisotopic (exact) mass is 472 g/mol. The van der Waals surface area contributed by atoms with Crippen molar-refractivity contribution in [2.75, 3.05) is 19.4 Å². The Hall–Kier alpha value is -4.27. The van der Waals surface area contributed by atoms with E-state index in [9.17, 15) is 9.59 Å². The van der Waals surface area contributed by atoms with Crippen LogP contribution in [0.5, 0.6) is 0 Å². The molecule has 0 aliphatic rings. The Labute approximate surface area is 203 Å². The smallest absolute Gasteiger partial charge is 0.337 e. The second-order valence-corrected chi connectivity index (χ2v) is 8.13. The van der Waals surface area contributed by atoms with Gasteiger partial charge in [-0.2, -0.15) is 9.78 Å². The van der Waals surface area contributed by atoms with Gasteiger partial charge in [0.05, 0.1) is 29.9 Å². The lowest BCUT2D eigenvalue weighted by Gasteiger charge is -2.05. The molecule has 0 spiro atoms. The minimum Gasteiger partial charge on any atom is -0.465 e. The number of carbonyl (C=O) groups is 2. The Balaban J connectivity index is 1.71. The second-order valence-electron chi connectivity index (χ2n) is 8.13. The van der Waals surface area contributed by atoms with Crippen LogP contribution in [-0.4, -0.2) is 46.4 Å². The number of unbranched alkanes of at least 4 members (excludes halogenated alkanes) is 3. The van der Waals surface area contributed by atoms with Crippen molar-refractivity contribution in [2.24, 2.45) is 5.10 Å². The molecule has 1 amide bonds. The lowest BCUT2D eigenvalue weighted by Crippen LogP contribution is -2.25. The SMILES string of the molecule is CCCCCCNC(=O)c1c(N)n(N=Cc2ccc(C(=O)OC)cc2)c2nc3ccccc3nc12. The third-order valence-electron chi connectivity index (χ3n) is 5.67. The molecule has 0 atom stereocenters. The van der Waals surface area contributed by atoms with Gasteiger partial charge in [0.15, 0.2) is 5.65 Å². The lowest BCUT2D eigenvalue weighted by atomic mass is 10.1. The average Bonchev–Trinajstić information content (AvgIpc) is 3.15. The number of carbonyl (C=O) groups excluding carboxylic acids is 2. The maximum absolute atomic E-state index is 13.1. The number of rotatable bonds is 9. The summed E-state index contributed by atoms with van der Waals surface area (Å²) in [5.41, 5.74) is 9.96. The van der Waals surface area contributed by atoms with E-state index < -0.39 is 5.97 Å². The zero-order chi connectivity index (χ0) is 24.8. The molecular weight excluding hydrogens is 444 g/mol. The molecule has 0 saturated heterocycles. The van der Waals surface area contributed by atoms with E-state index in [1.54, 1.807) is 30.5 Å². The van der Waals surface area contributed by atoms with Gasteiger partial charge in [0, 0.05) is 6.54 Å². The highest BCUT2D eigenvalue weighted by molar-refractivity contribution is 6.10. The summed E-state index contributed by atoms with van der Waals surface area (Å²) in [6, 6.07) is 14.2. The zero-order valence-electron chi connectivity index (χ0n) is 19.8. The molecule has 0 aliphatic heterocycles. The molecular formula is C26H28N6O3. The van der Waals surface area contributed by atoms with Crippen LogP contribution in [0.4, 0.5) is 5.82 Å². The van der Waals surface area contributed by atoms with Gasteiger partial charge >= 0.3 is 5.97 Å². The first-order valence-corrected chi connectivity index (χ1v) is 11.6. The predicted molar refractivity (Wildman–Crippen MR) is 137 cm³/mol. The maximum atomic E-state index is 13.1. The third kappa shape index (κ3) is 5.13. The van der Waals surface area contributed by atoms with Gasteiger partial charge in [0.1, 0.15) is 16.9 Å². The molecule has 0 aliphatic carbocycles. The van der Waals surface area contributed by atoms with Crippen LogP contribution < -0.4 is 11.1 Å². The fourth-order valence-electron chi connectivity index (χ4n) is 3.78. The summed E-state index contributed by atoms with van der Waals surface area (Å²) in [5, 5.41) is 7.45. The minimum atomic E-state index is -0.415.